The lowest BCUT2D eigenvalue weighted by atomic mass is 10.1. The molecule has 0 radical (unpaired) electrons. The van der Waals surface area contributed by atoms with Crippen LogP contribution >= 0.6 is 0 Å². The van der Waals surface area contributed by atoms with Crippen molar-refractivity contribution in [1.82, 2.24) is 14.8 Å². The minimum Gasteiger partial charge on any atom is -0.335 e. The summed E-state index contributed by atoms with van der Waals surface area (Å²) in [5.74, 6) is -0.926. The highest BCUT2D eigenvalue weighted by Gasteiger charge is 2.35. The lowest BCUT2D eigenvalue weighted by Crippen LogP contribution is -2.52. The number of rotatable bonds is 1. The third-order valence-electron chi connectivity index (χ3n) is 2.83. The molecule has 0 saturated carbocycles. The Kier molecular flexibility index (Phi) is 2.60. The van der Waals surface area contributed by atoms with Gasteiger partial charge in [-0.3, -0.25) is 14.6 Å². The van der Waals surface area contributed by atoms with Crippen molar-refractivity contribution in [3.8, 4) is 0 Å². The van der Waals surface area contributed by atoms with Crippen LogP contribution in [0.3, 0.4) is 0 Å². The molecular formula is C11H13N3O2. The first-order valence-electron chi connectivity index (χ1n) is 5.03. The topological polar surface area (TPSA) is 53.5 Å². The number of hydrogen-bond donors (Lipinski definition) is 0. The summed E-state index contributed by atoms with van der Waals surface area (Å²) in [6.45, 7) is 0.507. The first kappa shape index (κ1) is 10.6. The van der Waals surface area contributed by atoms with Gasteiger partial charge in [0.1, 0.15) is 0 Å². The normalized spacial score (nSPS) is 21.5. The molecule has 1 aliphatic rings. The zero-order chi connectivity index (χ0) is 11.7. The van der Waals surface area contributed by atoms with Gasteiger partial charge in [0.05, 0.1) is 6.04 Å². The van der Waals surface area contributed by atoms with Gasteiger partial charge < -0.3 is 9.80 Å². The van der Waals surface area contributed by atoms with Crippen molar-refractivity contribution in [1.29, 1.82) is 0 Å². The third kappa shape index (κ3) is 1.64. The highest BCUT2D eigenvalue weighted by atomic mass is 16.2. The van der Waals surface area contributed by atoms with E-state index >= 15 is 0 Å². The van der Waals surface area contributed by atoms with Crippen LogP contribution in [0.15, 0.2) is 24.5 Å². The maximum atomic E-state index is 11.6. The second-order valence-electron chi connectivity index (χ2n) is 3.90. The summed E-state index contributed by atoms with van der Waals surface area (Å²) >= 11 is 0. The van der Waals surface area contributed by atoms with Gasteiger partial charge in [0.2, 0.25) is 0 Å². The molecular weight excluding hydrogens is 206 g/mol. The van der Waals surface area contributed by atoms with Gasteiger partial charge in [-0.15, -0.1) is 0 Å². The Balaban J connectivity index is 2.30. The zero-order valence-electron chi connectivity index (χ0n) is 9.25. The monoisotopic (exact) mass is 219 g/mol. The molecule has 5 heteroatoms. The molecule has 16 heavy (non-hydrogen) atoms. The van der Waals surface area contributed by atoms with Crippen LogP contribution in [-0.2, 0) is 9.59 Å². The Labute approximate surface area is 93.7 Å². The van der Waals surface area contributed by atoms with Crippen molar-refractivity contribution in [2.24, 2.45) is 0 Å². The standard InChI is InChI=1S/C11H13N3O2/c1-13-7-9(8-4-3-5-12-6-8)14(2)11(16)10(13)15/h3-6,9H,7H2,1-2H3. The summed E-state index contributed by atoms with van der Waals surface area (Å²) in [5.41, 5.74) is 0.942. The minimum absolute atomic E-state index is 0.108. The smallest absolute Gasteiger partial charge is 0.312 e. The SMILES string of the molecule is CN1CC(c2cccnc2)N(C)C(=O)C1=O. The fourth-order valence-electron chi connectivity index (χ4n) is 1.82. The Morgan fingerprint density at radius 3 is 2.69 bits per heavy atom. The fraction of sp³-hybridized carbons (Fsp3) is 0.364. The maximum Gasteiger partial charge on any atom is 0.312 e. The largest absolute Gasteiger partial charge is 0.335 e. The molecule has 0 aliphatic carbocycles. The molecule has 1 unspecified atom stereocenters. The van der Waals surface area contributed by atoms with Crippen LogP contribution < -0.4 is 0 Å². The molecule has 1 fully saturated rings. The van der Waals surface area contributed by atoms with E-state index in [4.69, 9.17) is 0 Å². The number of likely N-dealkylation sites (N-methyl/N-ethyl adjacent to an activating group) is 2. The number of carbonyl (C=O) groups excluding carboxylic acids is 2. The van der Waals surface area contributed by atoms with Gasteiger partial charge in [-0.05, 0) is 11.6 Å². The lowest BCUT2D eigenvalue weighted by molar-refractivity contribution is -0.156. The van der Waals surface area contributed by atoms with E-state index in [2.05, 4.69) is 4.98 Å². The van der Waals surface area contributed by atoms with E-state index in [0.717, 1.165) is 5.56 Å². The third-order valence-corrected chi connectivity index (χ3v) is 2.83. The van der Waals surface area contributed by atoms with E-state index < -0.39 is 11.8 Å². The highest BCUT2D eigenvalue weighted by molar-refractivity contribution is 6.35. The number of aromatic nitrogens is 1. The summed E-state index contributed by atoms with van der Waals surface area (Å²) in [4.78, 5) is 30.0. The first-order valence-corrected chi connectivity index (χ1v) is 5.03. The summed E-state index contributed by atoms with van der Waals surface area (Å²) in [5, 5.41) is 0. The summed E-state index contributed by atoms with van der Waals surface area (Å²) in [6.07, 6.45) is 3.40. The average Bonchev–Trinajstić information content (AvgIpc) is 2.32. The molecule has 5 nitrogen and oxygen atoms in total. The van der Waals surface area contributed by atoms with Gasteiger partial charge in [-0.2, -0.15) is 0 Å². The lowest BCUT2D eigenvalue weighted by Gasteiger charge is -2.36. The van der Waals surface area contributed by atoms with Crippen molar-refractivity contribution >= 4 is 11.8 Å². The van der Waals surface area contributed by atoms with E-state index in [0.29, 0.717) is 6.54 Å². The number of piperazine rings is 1. The second-order valence-corrected chi connectivity index (χ2v) is 3.90. The van der Waals surface area contributed by atoms with Gasteiger partial charge in [0, 0.05) is 33.0 Å². The number of carbonyl (C=O) groups is 2. The Morgan fingerprint density at radius 2 is 2.06 bits per heavy atom. The molecule has 1 atom stereocenters. The molecule has 0 bridgehead atoms. The van der Waals surface area contributed by atoms with Crippen molar-refractivity contribution in [2.45, 2.75) is 6.04 Å². The highest BCUT2D eigenvalue weighted by Crippen LogP contribution is 2.23. The van der Waals surface area contributed by atoms with Crippen LogP contribution in [0, 0.1) is 0 Å². The van der Waals surface area contributed by atoms with Crippen molar-refractivity contribution in [2.75, 3.05) is 20.6 Å². The van der Waals surface area contributed by atoms with Crippen molar-refractivity contribution in [3.63, 3.8) is 0 Å². The fourth-order valence-corrected chi connectivity index (χ4v) is 1.82. The molecule has 1 aromatic rings. The van der Waals surface area contributed by atoms with Crippen LogP contribution in [0.2, 0.25) is 0 Å². The predicted octanol–water partition coefficient (Wildman–Crippen LogP) is 0.0531. The average molecular weight is 219 g/mol. The van der Waals surface area contributed by atoms with Gasteiger partial charge >= 0.3 is 11.8 Å². The van der Waals surface area contributed by atoms with E-state index in [1.54, 1.807) is 26.5 Å². The van der Waals surface area contributed by atoms with Crippen LogP contribution in [0.4, 0.5) is 0 Å². The Hall–Kier alpha value is -1.91. The molecule has 84 valence electrons. The zero-order valence-corrected chi connectivity index (χ0v) is 9.25. The van der Waals surface area contributed by atoms with Crippen LogP contribution in [0.25, 0.3) is 0 Å². The maximum absolute atomic E-state index is 11.6. The molecule has 2 amide bonds. The van der Waals surface area contributed by atoms with Crippen LogP contribution in [0.5, 0.6) is 0 Å². The molecule has 1 saturated heterocycles. The van der Waals surface area contributed by atoms with E-state index in [-0.39, 0.29) is 6.04 Å². The van der Waals surface area contributed by atoms with E-state index in [1.165, 1.54) is 9.80 Å². The molecule has 1 aliphatic heterocycles. The quantitative estimate of drug-likeness (QED) is 0.627. The van der Waals surface area contributed by atoms with Crippen LogP contribution in [0.1, 0.15) is 11.6 Å². The number of nitrogens with zero attached hydrogens (tertiary/aromatic N) is 3. The molecule has 2 heterocycles. The second kappa shape index (κ2) is 3.92. The van der Waals surface area contributed by atoms with E-state index in [9.17, 15) is 9.59 Å². The molecule has 2 rings (SSSR count). The number of hydrogen-bond acceptors (Lipinski definition) is 3. The molecule has 0 N–H and O–H groups in total. The van der Waals surface area contributed by atoms with Crippen molar-refractivity contribution in [3.05, 3.63) is 30.1 Å². The molecule has 0 spiro atoms. The molecule has 1 aromatic heterocycles. The minimum atomic E-state index is -0.470. The first-order chi connectivity index (χ1) is 7.61. The summed E-state index contributed by atoms with van der Waals surface area (Å²) < 4.78 is 0. The summed E-state index contributed by atoms with van der Waals surface area (Å²) in [6, 6.07) is 3.62. The van der Waals surface area contributed by atoms with Gasteiger partial charge in [-0.25, -0.2) is 0 Å². The molecule has 0 aromatic carbocycles. The Bertz CT molecular complexity index is 418. The number of amides is 2. The number of pyridine rings is 1. The van der Waals surface area contributed by atoms with Gasteiger partial charge in [-0.1, -0.05) is 6.07 Å². The Morgan fingerprint density at radius 1 is 1.31 bits per heavy atom. The summed E-state index contributed by atoms with van der Waals surface area (Å²) in [7, 11) is 3.28. The van der Waals surface area contributed by atoms with Gasteiger partial charge in [0.15, 0.2) is 0 Å². The van der Waals surface area contributed by atoms with Crippen LogP contribution in [-0.4, -0.2) is 47.2 Å². The predicted molar refractivity (Wildman–Crippen MR) is 57.4 cm³/mol. The van der Waals surface area contributed by atoms with Gasteiger partial charge in [0.25, 0.3) is 0 Å². The van der Waals surface area contributed by atoms with Crippen molar-refractivity contribution < 1.29 is 9.59 Å². The van der Waals surface area contributed by atoms with E-state index in [1.807, 2.05) is 12.1 Å².